The van der Waals surface area contributed by atoms with Crippen LogP contribution in [0.5, 0.6) is 0 Å². The third-order valence-electron chi connectivity index (χ3n) is 2.69. The Morgan fingerprint density at radius 1 is 1.43 bits per heavy atom. The average Bonchev–Trinajstić information content (AvgIpc) is 3.03. The minimum absolute atomic E-state index is 0.241. The van der Waals surface area contributed by atoms with Gasteiger partial charge in [0.25, 0.3) is 5.91 Å². The van der Waals surface area contributed by atoms with Crippen LogP contribution in [-0.2, 0) is 6.42 Å². The molecule has 2 aromatic rings. The molecule has 0 unspecified atom stereocenters. The highest BCUT2D eigenvalue weighted by atomic mass is 16.1. The molecule has 108 valence electrons. The van der Waals surface area contributed by atoms with E-state index in [2.05, 4.69) is 37.3 Å². The zero-order valence-corrected chi connectivity index (χ0v) is 11.5. The molecule has 4 N–H and O–H groups in total. The minimum Gasteiger partial charge on any atom is -0.351 e. The molecule has 0 fully saturated rings. The second-order valence-electron chi connectivity index (χ2n) is 4.20. The Bertz CT molecular complexity index is 641. The van der Waals surface area contributed by atoms with Gasteiger partial charge in [-0.15, -0.1) is 0 Å². The number of aryl methyl sites for hydroxylation is 1. The number of hydrogen-bond donors (Lipinski definition) is 3. The SMILES string of the molecule is NCC#Cc1cccnc1C(=O)NCCCc1ncn[nH]1. The van der Waals surface area contributed by atoms with E-state index in [1.807, 2.05) is 0 Å². The highest BCUT2D eigenvalue weighted by Crippen LogP contribution is 2.03. The van der Waals surface area contributed by atoms with Gasteiger partial charge >= 0.3 is 0 Å². The predicted molar refractivity (Wildman–Crippen MR) is 77.2 cm³/mol. The number of carbonyl (C=O) groups excluding carboxylic acids is 1. The highest BCUT2D eigenvalue weighted by molar-refractivity contribution is 5.94. The van der Waals surface area contributed by atoms with Gasteiger partial charge in [-0.25, -0.2) is 9.97 Å². The molecule has 0 atom stereocenters. The first-order valence-electron chi connectivity index (χ1n) is 6.57. The molecular formula is C14H16N6O. The third-order valence-corrected chi connectivity index (χ3v) is 2.69. The fourth-order valence-electron chi connectivity index (χ4n) is 1.73. The van der Waals surface area contributed by atoms with Crippen LogP contribution in [0.3, 0.4) is 0 Å². The maximum absolute atomic E-state index is 12.1. The summed E-state index contributed by atoms with van der Waals surface area (Å²) >= 11 is 0. The van der Waals surface area contributed by atoms with E-state index in [4.69, 9.17) is 5.73 Å². The maximum Gasteiger partial charge on any atom is 0.271 e. The van der Waals surface area contributed by atoms with Crippen LogP contribution in [0.4, 0.5) is 0 Å². The van der Waals surface area contributed by atoms with Crippen LogP contribution >= 0.6 is 0 Å². The van der Waals surface area contributed by atoms with Crippen LogP contribution in [0.15, 0.2) is 24.7 Å². The average molecular weight is 284 g/mol. The molecule has 0 aliphatic heterocycles. The van der Waals surface area contributed by atoms with Gasteiger partial charge < -0.3 is 11.1 Å². The molecule has 0 aliphatic rings. The van der Waals surface area contributed by atoms with Crippen molar-refractivity contribution in [2.45, 2.75) is 12.8 Å². The van der Waals surface area contributed by atoms with Gasteiger partial charge in [0.1, 0.15) is 17.8 Å². The number of rotatable bonds is 5. The van der Waals surface area contributed by atoms with Crippen molar-refractivity contribution in [1.82, 2.24) is 25.5 Å². The van der Waals surface area contributed by atoms with Gasteiger partial charge in [-0.2, -0.15) is 5.10 Å². The Morgan fingerprint density at radius 2 is 2.33 bits per heavy atom. The number of aromatic nitrogens is 4. The molecule has 0 radical (unpaired) electrons. The first kappa shape index (κ1) is 14.7. The van der Waals surface area contributed by atoms with Crippen molar-refractivity contribution in [3.8, 4) is 11.8 Å². The molecule has 0 bridgehead atoms. The van der Waals surface area contributed by atoms with Gasteiger partial charge in [0.2, 0.25) is 0 Å². The number of pyridine rings is 1. The van der Waals surface area contributed by atoms with Crippen LogP contribution < -0.4 is 11.1 Å². The lowest BCUT2D eigenvalue weighted by atomic mass is 10.2. The molecule has 7 nitrogen and oxygen atoms in total. The van der Waals surface area contributed by atoms with Crippen LogP contribution in [-0.4, -0.2) is 39.2 Å². The molecule has 1 amide bonds. The van der Waals surface area contributed by atoms with Crippen LogP contribution in [0.2, 0.25) is 0 Å². The zero-order valence-electron chi connectivity index (χ0n) is 11.5. The number of nitrogens with two attached hydrogens (primary N) is 1. The Morgan fingerprint density at radius 3 is 3.10 bits per heavy atom. The van der Waals surface area contributed by atoms with E-state index >= 15 is 0 Å². The van der Waals surface area contributed by atoms with Gasteiger partial charge in [0.05, 0.1) is 12.1 Å². The molecule has 2 heterocycles. The van der Waals surface area contributed by atoms with Crippen LogP contribution in [0, 0.1) is 11.8 Å². The lowest BCUT2D eigenvalue weighted by Gasteiger charge is -2.05. The molecule has 0 spiro atoms. The number of nitrogens with one attached hydrogen (secondary N) is 2. The lowest BCUT2D eigenvalue weighted by Crippen LogP contribution is -2.26. The van der Waals surface area contributed by atoms with Gasteiger partial charge in [-0.05, 0) is 18.6 Å². The minimum atomic E-state index is -0.241. The van der Waals surface area contributed by atoms with Crippen LogP contribution in [0.1, 0.15) is 28.3 Å². The van der Waals surface area contributed by atoms with Gasteiger partial charge in [-0.1, -0.05) is 11.8 Å². The van der Waals surface area contributed by atoms with E-state index in [0.717, 1.165) is 18.7 Å². The highest BCUT2D eigenvalue weighted by Gasteiger charge is 2.10. The number of amides is 1. The van der Waals surface area contributed by atoms with Crippen molar-refractivity contribution in [2.24, 2.45) is 5.73 Å². The number of H-pyrrole nitrogens is 1. The third kappa shape index (κ3) is 4.40. The summed E-state index contributed by atoms with van der Waals surface area (Å²) in [6.45, 7) is 0.771. The number of hydrogen-bond acceptors (Lipinski definition) is 5. The fourth-order valence-corrected chi connectivity index (χ4v) is 1.73. The largest absolute Gasteiger partial charge is 0.351 e. The van der Waals surface area contributed by atoms with E-state index in [0.29, 0.717) is 17.8 Å². The van der Waals surface area contributed by atoms with Crippen molar-refractivity contribution < 1.29 is 4.79 Å². The molecular weight excluding hydrogens is 268 g/mol. The Kier molecular flexibility index (Phi) is 5.43. The summed E-state index contributed by atoms with van der Waals surface area (Å²) in [7, 11) is 0. The number of carbonyl (C=O) groups is 1. The smallest absolute Gasteiger partial charge is 0.271 e. The number of nitrogens with zero attached hydrogens (tertiary/aromatic N) is 3. The summed E-state index contributed by atoms with van der Waals surface area (Å²) in [5.41, 5.74) is 6.24. The monoisotopic (exact) mass is 284 g/mol. The summed E-state index contributed by atoms with van der Waals surface area (Å²) in [5.74, 6) is 6.13. The first-order valence-corrected chi connectivity index (χ1v) is 6.57. The van der Waals surface area contributed by atoms with Crippen molar-refractivity contribution >= 4 is 5.91 Å². The van der Waals surface area contributed by atoms with Crippen molar-refractivity contribution in [2.75, 3.05) is 13.1 Å². The maximum atomic E-state index is 12.1. The molecule has 21 heavy (non-hydrogen) atoms. The van der Waals surface area contributed by atoms with Crippen molar-refractivity contribution in [1.29, 1.82) is 0 Å². The van der Waals surface area contributed by atoms with Crippen molar-refractivity contribution in [3.63, 3.8) is 0 Å². The lowest BCUT2D eigenvalue weighted by molar-refractivity contribution is 0.0948. The first-order chi connectivity index (χ1) is 10.3. The Hall–Kier alpha value is -2.72. The summed E-state index contributed by atoms with van der Waals surface area (Å²) in [6.07, 6.45) is 4.52. The zero-order chi connectivity index (χ0) is 14.9. The van der Waals surface area contributed by atoms with Crippen LogP contribution in [0.25, 0.3) is 0 Å². The molecule has 0 aliphatic carbocycles. The van der Waals surface area contributed by atoms with Gasteiger partial charge in [0, 0.05) is 19.2 Å². The molecule has 2 aromatic heterocycles. The Balaban J connectivity index is 1.88. The molecule has 0 saturated carbocycles. The van der Waals surface area contributed by atoms with Crippen molar-refractivity contribution in [3.05, 3.63) is 41.7 Å². The summed E-state index contributed by atoms with van der Waals surface area (Å²) < 4.78 is 0. The summed E-state index contributed by atoms with van der Waals surface area (Å²) in [6, 6.07) is 3.49. The van der Waals surface area contributed by atoms with E-state index in [9.17, 15) is 4.79 Å². The molecule has 0 saturated heterocycles. The van der Waals surface area contributed by atoms with E-state index in [-0.39, 0.29) is 12.5 Å². The second-order valence-corrected chi connectivity index (χ2v) is 4.20. The topological polar surface area (TPSA) is 110 Å². The van der Waals surface area contributed by atoms with Gasteiger partial charge in [0.15, 0.2) is 0 Å². The van der Waals surface area contributed by atoms with E-state index < -0.39 is 0 Å². The van der Waals surface area contributed by atoms with E-state index in [1.165, 1.54) is 6.33 Å². The summed E-state index contributed by atoms with van der Waals surface area (Å²) in [5, 5.41) is 9.35. The predicted octanol–water partition coefficient (Wildman–Crippen LogP) is -0.127. The normalized spacial score (nSPS) is 9.76. The summed E-state index contributed by atoms with van der Waals surface area (Å²) in [4.78, 5) is 20.2. The standard InChI is InChI=1S/C14H16N6O/c15-7-1-4-11-5-2-8-16-13(11)14(21)17-9-3-6-12-18-10-19-20-12/h2,5,8,10H,3,6-7,9,15H2,(H,17,21)(H,18,19,20). The van der Waals surface area contributed by atoms with Gasteiger partial charge in [-0.3, -0.25) is 9.89 Å². The second kappa shape index (κ2) is 7.77. The molecule has 7 heteroatoms. The molecule has 0 aromatic carbocycles. The molecule has 2 rings (SSSR count). The fraction of sp³-hybridized carbons (Fsp3) is 0.286. The number of aromatic amines is 1. The quantitative estimate of drug-likeness (QED) is 0.523. The Labute approximate surface area is 122 Å². The van der Waals surface area contributed by atoms with E-state index in [1.54, 1.807) is 18.3 Å².